The zero-order chi connectivity index (χ0) is 13.8. The third kappa shape index (κ3) is 5.05. The fraction of sp³-hybridized carbons (Fsp3) is 0.545. The van der Waals surface area contributed by atoms with Crippen LogP contribution >= 0.6 is 11.3 Å². The number of hydrogen-bond donors (Lipinski definition) is 1. The summed E-state index contributed by atoms with van der Waals surface area (Å²) in [7, 11) is 0. The summed E-state index contributed by atoms with van der Waals surface area (Å²) in [5.74, 6) is -0.549. The Morgan fingerprint density at radius 3 is 2.72 bits per heavy atom. The second-order valence-electron chi connectivity index (χ2n) is 3.81. The number of amides is 1. The Hall–Kier alpha value is -1.08. The number of carbonyl (C=O) groups excluding carboxylic acids is 1. The van der Waals surface area contributed by atoms with Crippen molar-refractivity contribution in [2.45, 2.75) is 32.7 Å². The van der Waals surface area contributed by atoms with Crippen molar-refractivity contribution < 1.29 is 22.7 Å². The van der Waals surface area contributed by atoms with E-state index in [1.165, 1.54) is 18.3 Å². The van der Waals surface area contributed by atoms with Crippen LogP contribution in [0, 0.1) is 6.92 Å². The van der Waals surface area contributed by atoms with Crippen molar-refractivity contribution >= 4 is 17.2 Å². The molecule has 0 saturated carbocycles. The molecular weight excluding hydrogens is 267 g/mol. The molecule has 1 aromatic heterocycles. The minimum absolute atomic E-state index is 0.308. The Morgan fingerprint density at radius 1 is 1.56 bits per heavy atom. The highest BCUT2D eigenvalue weighted by Crippen LogP contribution is 2.16. The summed E-state index contributed by atoms with van der Waals surface area (Å²) < 4.78 is 40.1. The van der Waals surface area contributed by atoms with Crippen LogP contribution in [0.15, 0.2) is 11.4 Å². The van der Waals surface area contributed by atoms with Crippen LogP contribution in [0.4, 0.5) is 13.2 Å². The average Bonchev–Trinajstić information content (AvgIpc) is 2.67. The summed E-state index contributed by atoms with van der Waals surface area (Å²) >= 11 is 1.49. The summed E-state index contributed by atoms with van der Waals surface area (Å²) in [5.41, 5.74) is 1.05. The smallest absolute Gasteiger partial charge is 0.359 e. The van der Waals surface area contributed by atoms with Crippen molar-refractivity contribution in [2.24, 2.45) is 0 Å². The number of aryl methyl sites for hydroxylation is 1. The van der Waals surface area contributed by atoms with E-state index in [9.17, 15) is 18.0 Å². The van der Waals surface area contributed by atoms with Gasteiger partial charge in [-0.2, -0.15) is 13.2 Å². The lowest BCUT2D eigenvalue weighted by Crippen LogP contribution is -2.36. The minimum atomic E-state index is -4.42. The van der Waals surface area contributed by atoms with Gasteiger partial charge in [-0.1, -0.05) is 0 Å². The average molecular weight is 281 g/mol. The van der Waals surface area contributed by atoms with E-state index in [1.807, 2.05) is 18.4 Å². The lowest BCUT2D eigenvalue weighted by Gasteiger charge is -2.14. The van der Waals surface area contributed by atoms with Gasteiger partial charge in [-0.25, -0.2) is 0 Å². The Morgan fingerprint density at radius 2 is 2.22 bits per heavy atom. The normalized spacial score (nSPS) is 13.4. The lowest BCUT2D eigenvalue weighted by atomic mass is 10.3. The molecule has 0 aliphatic heterocycles. The topological polar surface area (TPSA) is 38.3 Å². The van der Waals surface area contributed by atoms with Gasteiger partial charge >= 0.3 is 6.18 Å². The predicted octanol–water partition coefficient (Wildman–Crippen LogP) is 2.64. The maximum Gasteiger partial charge on any atom is 0.411 e. The molecule has 1 N–H and O–H groups in total. The molecule has 0 aromatic carbocycles. The molecular formula is C11H14F3NO2S. The van der Waals surface area contributed by atoms with E-state index in [4.69, 9.17) is 0 Å². The van der Waals surface area contributed by atoms with Gasteiger partial charge in [0.2, 0.25) is 5.91 Å². The van der Waals surface area contributed by atoms with Crippen molar-refractivity contribution in [1.29, 1.82) is 0 Å². The van der Waals surface area contributed by atoms with Crippen LogP contribution in [0.3, 0.4) is 0 Å². The van der Waals surface area contributed by atoms with Crippen LogP contribution in [0.25, 0.3) is 0 Å². The Kier molecular flexibility index (Phi) is 5.15. The van der Waals surface area contributed by atoms with Crippen LogP contribution in [0.5, 0.6) is 0 Å². The monoisotopic (exact) mass is 281 g/mol. The summed E-state index contributed by atoms with van der Waals surface area (Å²) in [6.07, 6.45) is -5.54. The van der Waals surface area contributed by atoms with E-state index >= 15 is 0 Å². The fourth-order valence-corrected chi connectivity index (χ4v) is 2.04. The van der Waals surface area contributed by atoms with Gasteiger partial charge in [0.25, 0.3) is 0 Å². The number of thiophene rings is 1. The van der Waals surface area contributed by atoms with Crippen LogP contribution in [-0.4, -0.2) is 24.8 Å². The van der Waals surface area contributed by atoms with Crippen molar-refractivity contribution in [3.63, 3.8) is 0 Å². The Balaban J connectivity index is 2.34. The summed E-state index contributed by atoms with van der Waals surface area (Å²) in [4.78, 5) is 12.4. The quantitative estimate of drug-likeness (QED) is 0.901. The largest absolute Gasteiger partial charge is 0.411 e. The molecule has 0 radical (unpaired) electrons. The SMILES string of the molecule is Cc1ccsc1CNC(=O)C(C)OCC(F)(F)F. The summed E-state index contributed by atoms with van der Waals surface area (Å²) in [6.45, 7) is 2.09. The molecule has 7 heteroatoms. The first-order valence-corrected chi connectivity index (χ1v) is 6.16. The summed E-state index contributed by atoms with van der Waals surface area (Å²) in [6, 6.07) is 1.91. The van der Waals surface area contributed by atoms with Crippen LogP contribution < -0.4 is 5.32 Å². The Labute approximate surface area is 107 Å². The molecule has 0 aliphatic carbocycles. The molecule has 0 bridgehead atoms. The third-order valence-electron chi connectivity index (χ3n) is 2.26. The molecule has 102 valence electrons. The van der Waals surface area contributed by atoms with Gasteiger partial charge < -0.3 is 10.1 Å². The molecule has 0 spiro atoms. The minimum Gasteiger partial charge on any atom is -0.359 e. The number of hydrogen-bond acceptors (Lipinski definition) is 3. The lowest BCUT2D eigenvalue weighted by molar-refractivity contribution is -0.185. The first-order valence-electron chi connectivity index (χ1n) is 5.28. The van der Waals surface area contributed by atoms with E-state index in [2.05, 4.69) is 10.1 Å². The van der Waals surface area contributed by atoms with E-state index in [0.717, 1.165) is 10.4 Å². The molecule has 1 amide bonds. The molecule has 0 fully saturated rings. The molecule has 18 heavy (non-hydrogen) atoms. The molecule has 1 rings (SSSR count). The summed E-state index contributed by atoms with van der Waals surface area (Å²) in [5, 5.41) is 4.43. The second kappa shape index (κ2) is 6.19. The number of halogens is 3. The van der Waals surface area contributed by atoms with Gasteiger partial charge in [-0.15, -0.1) is 11.3 Å². The first kappa shape index (κ1) is 15.0. The fourth-order valence-electron chi connectivity index (χ4n) is 1.19. The highest BCUT2D eigenvalue weighted by atomic mass is 32.1. The van der Waals surface area contributed by atoms with Crippen molar-refractivity contribution in [1.82, 2.24) is 5.32 Å². The third-order valence-corrected chi connectivity index (χ3v) is 3.28. The molecule has 1 unspecified atom stereocenters. The van der Waals surface area contributed by atoms with Crippen LogP contribution in [-0.2, 0) is 16.1 Å². The van der Waals surface area contributed by atoms with E-state index in [1.54, 1.807) is 0 Å². The van der Waals surface area contributed by atoms with Gasteiger partial charge in [-0.3, -0.25) is 4.79 Å². The molecule has 1 heterocycles. The molecule has 1 aromatic rings. The van der Waals surface area contributed by atoms with Gasteiger partial charge in [0.05, 0.1) is 6.54 Å². The number of rotatable bonds is 5. The first-order chi connectivity index (χ1) is 8.29. The van der Waals surface area contributed by atoms with Gasteiger partial charge in [0.1, 0.15) is 12.7 Å². The van der Waals surface area contributed by atoms with Crippen LogP contribution in [0.1, 0.15) is 17.4 Å². The number of ether oxygens (including phenoxy) is 1. The second-order valence-corrected chi connectivity index (χ2v) is 4.81. The molecule has 1 atom stereocenters. The van der Waals surface area contributed by atoms with Crippen molar-refractivity contribution in [3.05, 3.63) is 21.9 Å². The highest BCUT2D eigenvalue weighted by Gasteiger charge is 2.29. The number of carbonyl (C=O) groups is 1. The van der Waals surface area contributed by atoms with E-state index < -0.39 is 24.8 Å². The zero-order valence-electron chi connectivity index (χ0n) is 10.0. The van der Waals surface area contributed by atoms with Gasteiger partial charge in [0, 0.05) is 4.88 Å². The molecule has 3 nitrogen and oxygen atoms in total. The number of alkyl halides is 3. The van der Waals surface area contributed by atoms with Gasteiger partial charge in [-0.05, 0) is 30.9 Å². The molecule has 0 saturated heterocycles. The van der Waals surface area contributed by atoms with Crippen LogP contribution in [0.2, 0.25) is 0 Å². The van der Waals surface area contributed by atoms with Gasteiger partial charge in [0.15, 0.2) is 0 Å². The molecule has 0 aliphatic rings. The maximum absolute atomic E-state index is 11.9. The standard InChI is InChI=1S/C11H14F3NO2S/c1-7-3-4-18-9(7)5-15-10(16)8(2)17-6-11(12,13)14/h3-4,8H,5-6H2,1-2H3,(H,15,16). The van der Waals surface area contributed by atoms with Crippen molar-refractivity contribution in [2.75, 3.05) is 6.61 Å². The highest BCUT2D eigenvalue weighted by molar-refractivity contribution is 7.10. The number of nitrogens with one attached hydrogen (secondary N) is 1. The maximum atomic E-state index is 11.9. The predicted molar refractivity (Wildman–Crippen MR) is 62.4 cm³/mol. The Bertz CT molecular complexity index is 403. The van der Waals surface area contributed by atoms with Crippen molar-refractivity contribution in [3.8, 4) is 0 Å². The van der Waals surface area contributed by atoms with E-state index in [0.29, 0.717) is 6.54 Å². The zero-order valence-corrected chi connectivity index (χ0v) is 10.8. The van der Waals surface area contributed by atoms with E-state index in [-0.39, 0.29) is 0 Å².